The number of halogens is 2. The van der Waals surface area contributed by atoms with Gasteiger partial charge in [0.25, 0.3) is 0 Å². The van der Waals surface area contributed by atoms with Crippen molar-refractivity contribution in [1.29, 1.82) is 0 Å². The molecule has 5 atom stereocenters. The number of fused-ring (bicyclic) bond motifs is 5. The van der Waals surface area contributed by atoms with Crippen LogP contribution in [0.1, 0.15) is 24.3 Å². The molecule has 3 fully saturated rings. The quantitative estimate of drug-likeness (QED) is 0.715. The molecule has 154 valence electrons. The van der Waals surface area contributed by atoms with Gasteiger partial charge in [-0.25, -0.2) is 0 Å². The van der Waals surface area contributed by atoms with E-state index in [-0.39, 0.29) is 42.0 Å². The first-order valence-electron chi connectivity index (χ1n) is 10.1. The summed E-state index contributed by atoms with van der Waals surface area (Å²) < 4.78 is 0. The Morgan fingerprint density at radius 1 is 1.00 bits per heavy atom. The number of nitrogens with zero attached hydrogens (tertiary/aromatic N) is 1. The van der Waals surface area contributed by atoms with Gasteiger partial charge in [0, 0.05) is 5.02 Å². The molecule has 3 aliphatic rings. The second-order valence-corrected chi connectivity index (χ2v) is 9.24. The maximum absolute atomic E-state index is 13.1. The fourth-order valence-corrected chi connectivity index (χ4v) is 6.14. The molecule has 30 heavy (non-hydrogen) atoms. The average molecular weight is 443 g/mol. The van der Waals surface area contributed by atoms with Gasteiger partial charge in [-0.2, -0.15) is 0 Å². The third-order valence-electron chi connectivity index (χ3n) is 6.84. The summed E-state index contributed by atoms with van der Waals surface area (Å²) in [5.74, 6) is -0.790. The first kappa shape index (κ1) is 19.6. The van der Waals surface area contributed by atoms with Crippen molar-refractivity contribution in [2.24, 2.45) is 23.7 Å². The van der Waals surface area contributed by atoms with E-state index in [0.29, 0.717) is 21.7 Å². The Bertz CT molecular complexity index is 1040. The van der Waals surface area contributed by atoms with Crippen molar-refractivity contribution in [2.75, 3.05) is 11.9 Å². The minimum absolute atomic E-state index is 0.164. The van der Waals surface area contributed by atoms with Crippen LogP contribution in [-0.2, 0) is 14.4 Å². The molecular formula is C23H20Cl2N2O3. The van der Waals surface area contributed by atoms with Gasteiger partial charge in [-0.3, -0.25) is 19.3 Å². The van der Waals surface area contributed by atoms with Gasteiger partial charge in [-0.15, -0.1) is 0 Å². The van der Waals surface area contributed by atoms with Crippen LogP contribution in [0.3, 0.4) is 0 Å². The van der Waals surface area contributed by atoms with Gasteiger partial charge in [0.15, 0.2) is 0 Å². The highest BCUT2D eigenvalue weighted by Gasteiger charge is 2.63. The maximum atomic E-state index is 13.1. The lowest BCUT2D eigenvalue weighted by molar-refractivity contribution is -0.143. The minimum atomic E-state index is -0.451. The summed E-state index contributed by atoms with van der Waals surface area (Å²) in [7, 11) is 0. The first-order valence-corrected chi connectivity index (χ1v) is 10.8. The molecule has 2 saturated carbocycles. The third-order valence-corrected chi connectivity index (χ3v) is 7.39. The maximum Gasteiger partial charge on any atom is 0.244 e. The van der Waals surface area contributed by atoms with Gasteiger partial charge in [0.1, 0.15) is 6.54 Å². The highest BCUT2D eigenvalue weighted by atomic mass is 35.5. The number of benzene rings is 2. The molecule has 0 unspecified atom stereocenters. The second-order valence-electron chi connectivity index (χ2n) is 8.40. The van der Waals surface area contributed by atoms with Crippen molar-refractivity contribution < 1.29 is 14.4 Å². The van der Waals surface area contributed by atoms with E-state index < -0.39 is 5.91 Å². The first-order chi connectivity index (χ1) is 14.4. The van der Waals surface area contributed by atoms with E-state index in [1.165, 1.54) is 11.6 Å². The summed E-state index contributed by atoms with van der Waals surface area (Å²) in [4.78, 5) is 39.8. The van der Waals surface area contributed by atoms with Crippen LogP contribution in [0.25, 0.3) is 0 Å². The van der Waals surface area contributed by atoms with Crippen LogP contribution in [0.4, 0.5) is 5.69 Å². The van der Waals surface area contributed by atoms with Gasteiger partial charge in [0.2, 0.25) is 17.7 Å². The zero-order chi connectivity index (χ0) is 21.0. The van der Waals surface area contributed by atoms with E-state index in [4.69, 9.17) is 23.2 Å². The van der Waals surface area contributed by atoms with E-state index in [9.17, 15) is 14.4 Å². The number of hydrogen-bond donors (Lipinski definition) is 1. The molecule has 2 aliphatic carbocycles. The molecular weight excluding hydrogens is 423 g/mol. The summed E-state index contributed by atoms with van der Waals surface area (Å²) >= 11 is 12.0. The highest BCUT2D eigenvalue weighted by molar-refractivity contribution is 6.36. The van der Waals surface area contributed by atoms with E-state index >= 15 is 0 Å². The van der Waals surface area contributed by atoms with Crippen molar-refractivity contribution in [1.82, 2.24) is 4.90 Å². The van der Waals surface area contributed by atoms with E-state index in [0.717, 1.165) is 17.7 Å². The van der Waals surface area contributed by atoms with Crippen LogP contribution in [-0.4, -0.2) is 29.2 Å². The molecule has 0 spiro atoms. The van der Waals surface area contributed by atoms with E-state index in [2.05, 4.69) is 17.4 Å². The standard InChI is InChI=1S/C23H20Cl2N2O3/c24-14-6-7-18(17(25)10-14)26-19(28)11-27-22(29)20-13-8-15(12-4-2-1-3-5-12)16(9-13)21(20)23(27)30/h1-7,10,13,15-16,20-21H,8-9,11H2,(H,26,28)/t13-,15-,16+,20+,21+/m0/s1. The lowest BCUT2D eigenvalue weighted by atomic mass is 9.73. The van der Waals surface area contributed by atoms with Crippen molar-refractivity contribution in [3.8, 4) is 0 Å². The second kappa shape index (κ2) is 7.40. The molecule has 5 rings (SSSR count). The highest BCUT2D eigenvalue weighted by Crippen LogP contribution is 2.61. The number of carbonyl (C=O) groups is 3. The smallest absolute Gasteiger partial charge is 0.244 e. The topological polar surface area (TPSA) is 66.5 Å². The van der Waals surface area contributed by atoms with Crippen LogP contribution in [0, 0.1) is 23.7 Å². The fraction of sp³-hybridized carbons (Fsp3) is 0.348. The lowest BCUT2D eigenvalue weighted by Crippen LogP contribution is -2.39. The molecule has 3 amide bonds. The largest absolute Gasteiger partial charge is 0.323 e. The van der Waals surface area contributed by atoms with Crippen molar-refractivity contribution in [3.05, 3.63) is 64.1 Å². The van der Waals surface area contributed by atoms with Crippen LogP contribution in [0.15, 0.2) is 48.5 Å². The third kappa shape index (κ3) is 3.12. The van der Waals surface area contributed by atoms with Gasteiger partial charge >= 0.3 is 0 Å². The molecule has 1 aliphatic heterocycles. The van der Waals surface area contributed by atoms with Gasteiger partial charge < -0.3 is 5.32 Å². The normalized spacial score (nSPS) is 29.4. The number of anilines is 1. The summed E-state index contributed by atoms with van der Waals surface area (Å²) in [6.45, 7) is -0.293. The molecule has 2 aromatic carbocycles. The fourth-order valence-electron chi connectivity index (χ4n) is 5.68. The number of amides is 3. The Balaban J connectivity index is 1.31. The summed E-state index contributed by atoms with van der Waals surface area (Å²) in [6.07, 6.45) is 1.84. The molecule has 1 heterocycles. The van der Waals surface area contributed by atoms with Crippen molar-refractivity contribution in [2.45, 2.75) is 18.8 Å². The summed E-state index contributed by atoms with van der Waals surface area (Å²) in [6, 6.07) is 14.9. The zero-order valence-corrected chi connectivity index (χ0v) is 17.6. The zero-order valence-electron chi connectivity index (χ0n) is 16.1. The van der Waals surface area contributed by atoms with E-state index in [1.807, 2.05) is 18.2 Å². The van der Waals surface area contributed by atoms with E-state index in [1.54, 1.807) is 12.1 Å². The Morgan fingerprint density at radius 2 is 1.73 bits per heavy atom. The molecule has 0 radical (unpaired) electrons. The predicted octanol–water partition coefficient (Wildman–Crippen LogP) is 4.36. The number of likely N-dealkylation sites (tertiary alicyclic amines) is 1. The van der Waals surface area contributed by atoms with Crippen LogP contribution < -0.4 is 5.32 Å². The Kier molecular flexibility index (Phi) is 4.83. The molecule has 1 saturated heterocycles. The molecule has 2 bridgehead atoms. The lowest BCUT2D eigenvalue weighted by Gasteiger charge is -2.28. The number of hydrogen-bond acceptors (Lipinski definition) is 3. The Labute approximate surface area is 184 Å². The van der Waals surface area contributed by atoms with Gasteiger partial charge in [0.05, 0.1) is 22.5 Å². The molecule has 0 aromatic heterocycles. The minimum Gasteiger partial charge on any atom is -0.323 e. The predicted molar refractivity (Wildman–Crippen MR) is 114 cm³/mol. The van der Waals surface area contributed by atoms with Crippen molar-refractivity contribution in [3.63, 3.8) is 0 Å². The SMILES string of the molecule is O=C(CN1C(=O)[C@@H]2[C@@H]3C[C@@H]([C@H]2C1=O)[C@H](c1ccccc1)C3)Nc1ccc(Cl)cc1Cl. The Hall–Kier alpha value is -2.37. The Morgan fingerprint density at radius 3 is 2.47 bits per heavy atom. The average Bonchev–Trinajstić information content (AvgIpc) is 3.39. The van der Waals surface area contributed by atoms with Crippen LogP contribution >= 0.6 is 23.2 Å². The molecule has 5 nitrogen and oxygen atoms in total. The molecule has 7 heteroatoms. The van der Waals surface area contributed by atoms with Crippen molar-refractivity contribution >= 4 is 46.6 Å². The molecule has 2 aromatic rings. The monoisotopic (exact) mass is 442 g/mol. The number of carbonyl (C=O) groups excluding carboxylic acids is 3. The van der Waals surface area contributed by atoms with Crippen LogP contribution in [0.2, 0.25) is 10.0 Å². The summed E-state index contributed by atoms with van der Waals surface area (Å²) in [5, 5.41) is 3.43. The number of nitrogens with one attached hydrogen (secondary N) is 1. The number of imide groups is 1. The molecule has 1 N–H and O–H groups in total. The summed E-state index contributed by atoms with van der Waals surface area (Å²) in [5.41, 5.74) is 1.63. The van der Waals surface area contributed by atoms with Gasteiger partial charge in [-0.1, -0.05) is 53.5 Å². The number of rotatable bonds is 4. The van der Waals surface area contributed by atoms with Crippen LogP contribution in [0.5, 0.6) is 0 Å². The van der Waals surface area contributed by atoms with Gasteiger partial charge in [-0.05, 0) is 54.4 Å².